The Morgan fingerprint density at radius 3 is 2.80 bits per heavy atom. The number of benzene rings is 2. The molecule has 1 aliphatic heterocycles. The van der Waals surface area contributed by atoms with Gasteiger partial charge in [-0.3, -0.25) is 9.78 Å². The molecule has 0 spiro atoms. The number of hydrogen-bond acceptors (Lipinski definition) is 4. The number of aryl methyl sites for hydroxylation is 1. The van der Waals surface area contributed by atoms with Gasteiger partial charge in [0.25, 0.3) is 5.91 Å². The van der Waals surface area contributed by atoms with Gasteiger partial charge in [0, 0.05) is 41.4 Å². The van der Waals surface area contributed by atoms with E-state index in [0.717, 1.165) is 15.4 Å². The summed E-state index contributed by atoms with van der Waals surface area (Å²) in [5.41, 5.74) is 1.28. The fourth-order valence-electron chi connectivity index (χ4n) is 3.68. The third kappa shape index (κ3) is 3.97. The summed E-state index contributed by atoms with van der Waals surface area (Å²) in [6, 6.07) is 9.97. The maximum atomic E-state index is 13.3. The summed E-state index contributed by atoms with van der Waals surface area (Å²) in [4.78, 5) is 17.0. The number of nitrogens with one attached hydrogen (secondary N) is 1. The van der Waals surface area contributed by atoms with Gasteiger partial charge in [-0.2, -0.15) is 4.31 Å². The van der Waals surface area contributed by atoms with Crippen molar-refractivity contribution in [2.45, 2.75) is 24.3 Å². The van der Waals surface area contributed by atoms with Crippen molar-refractivity contribution in [2.24, 2.45) is 0 Å². The van der Waals surface area contributed by atoms with Crippen molar-refractivity contribution in [1.82, 2.24) is 14.6 Å². The van der Waals surface area contributed by atoms with Gasteiger partial charge in [-0.1, -0.05) is 39.7 Å². The minimum atomic E-state index is -3.72. The van der Waals surface area contributed by atoms with Gasteiger partial charge in [0.1, 0.15) is 0 Å². The van der Waals surface area contributed by atoms with E-state index in [0.29, 0.717) is 28.9 Å². The Balaban J connectivity index is 1.54. The van der Waals surface area contributed by atoms with E-state index in [9.17, 15) is 13.2 Å². The standard InChI is InChI=1S/C21H19BrClN3O3S/c1-13-10-24-11-18-16(13)3-2-4-20(18)30(28,29)26-8-7-15(12-26)25-21(27)17-6-5-14(22)9-19(17)23/h2-6,9-11,15H,7-8,12H2,1H3,(H,25,27)/t15-/m0/s1. The van der Waals surface area contributed by atoms with E-state index in [1.165, 1.54) is 4.31 Å². The molecule has 0 unspecified atom stereocenters. The minimum Gasteiger partial charge on any atom is -0.348 e. The topological polar surface area (TPSA) is 79.4 Å². The quantitative estimate of drug-likeness (QED) is 0.574. The monoisotopic (exact) mass is 507 g/mol. The molecule has 2 aromatic carbocycles. The first-order valence-electron chi connectivity index (χ1n) is 9.37. The smallest absolute Gasteiger partial charge is 0.253 e. The maximum absolute atomic E-state index is 13.3. The second-order valence-electron chi connectivity index (χ2n) is 7.25. The molecule has 2 heterocycles. The van der Waals surface area contributed by atoms with Crippen LogP contribution in [0.25, 0.3) is 10.8 Å². The van der Waals surface area contributed by atoms with E-state index in [1.54, 1.807) is 42.7 Å². The van der Waals surface area contributed by atoms with E-state index in [4.69, 9.17) is 11.6 Å². The van der Waals surface area contributed by atoms with E-state index in [2.05, 4.69) is 26.2 Å². The average Bonchev–Trinajstić information content (AvgIpc) is 3.17. The molecule has 1 fully saturated rings. The predicted molar refractivity (Wildman–Crippen MR) is 120 cm³/mol. The Kier molecular flexibility index (Phi) is 5.85. The fourth-order valence-corrected chi connectivity index (χ4v) is 6.13. The molecule has 0 aliphatic carbocycles. The summed E-state index contributed by atoms with van der Waals surface area (Å²) < 4.78 is 28.8. The van der Waals surface area contributed by atoms with Crippen molar-refractivity contribution in [1.29, 1.82) is 0 Å². The Morgan fingerprint density at radius 2 is 2.03 bits per heavy atom. The molecule has 4 rings (SSSR count). The summed E-state index contributed by atoms with van der Waals surface area (Å²) >= 11 is 9.47. The average molecular weight is 509 g/mol. The lowest BCUT2D eigenvalue weighted by Crippen LogP contribution is -2.38. The number of carbonyl (C=O) groups is 1. The molecule has 0 bridgehead atoms. The Bertz CT molecular complexity index is 1250. The molecular formula is C21H19BrClN3O3S. The highest BCUT2D eigenvalue weighted by atomic mass is 79.9. The zero-order chi connectivity index (χ0) is 21.5. The molecule has 1 aromatic heterocycles. The third-order valence-electron chi connectivity index (χ3n) is 5.24. The lowest BCUT2D eigenvalue weighted by molar-refractivity contribution is 0.0939. The zero-order valence-electron chi connectivity index (χ0n) is 16.1. The van der Waals surface area contributed by atoms with Crippen molar-refractivity contribution in [3.8, 4) is 0 Å². The molecule has 9 heteroatoms. The molecule has 0 saturated carbocycles. The van der Waals surface area contributed by atoms with E-state index < -0.39 is 10.0 Å². The van der Waals surface area contributed by atoms with Gasteiger partial charge >= 0.3 is 0 Å². The second kappa shape index (κ2) is 8.26. The number of hydrogen-bond donors (Lipinski definition) is 1. The Morgan fingerprint density at radius 1 is 1.23 bits per heavy atom. The SMILES string of the molecule is Cc1cncc2c(S(=O)(=O)N3CC[C@H](NC(=O)c4ccc(Br)cc4Cl)C3)cccc12. The van der Waals surface area contributed by atoms with Gasteiger partial charge in [0.15, 0.2) is 0 Å². The van der Waals surface area contributed by atoms with Crippen LogP contribution in [-0.2, 0) is 10.0 Å². The van der Waals surface area contributed by atoms with E-state index in [-0.39, 0.29) is 23.4 Å². The summed E-state index contributed by atoms with van der Waals surface area (Å²) in [6.45, 7) is 2.44. The Hall–Kier alpha value is -2.00. The molecule has 1 amide bonds. The summed E-state index contributed by atoms with van der Waals surface area (Å²) in [6.07, 6.45) is 3.83. The van der Waals surface area contributed by atoms with Crippen LogP contribution in [0.15, 0.2) is 58.2 Å². The molecule has 1 N–H and O–H groups in total. The second-order valence-corrected chi connectivity index (χ2v) is 10.5. The first kappa shape index (κ1) is 21.2. The molecule has 1 atom stereocenters. The molecule has 1 saturated heterocycles. The van der Waals surface area contributed by atoms with E-state index in [1.807, 2.05) is 13.0 Å². The number of pyridine rings is 1. The third-order valence-corrected chi connectivity index (χ3v) is 7.97. The normalized spacial score (nSPS) is 17.4. The number of halogens is 2. The first-order valence-corrected chi connectivity index (χ1v) is 12.0. The minimum absolute atomic E-state index is 0.206. The Labute approximate surface area is 188 Å². The van der Waals surface area contributed by atoms with Gasteiger partial charge < -0.3 is 5.32 Å². The molecular weight excluding hydrogens is 490 g/mol. The van der Waals surface area contributed by atoms with Crippen molar-refractivity contribution in [3.05, 3.63) is 69.4 Å². The van der Waals surface area contributed by atoms with Crippen LogP contribution in [0.4, 0.5) is 0 Å². The molecule has 0 radical (unpaired) electrons. The molecule has 156 valence electrons. The van der Waals surface area contributed by atoms with Crippen LogP contribution in [0, 0.1) is 6.92 Å². The number of aromatic nitrogens is 1. The van der Waals surface area contributed by atoms with Gasteiger partial charge in [-0.25, -0.2) is 8.42 Å². The van der Waals surface area contributed by atoms with E-state index >= 15 is 0 Å². The summed E-state index contributed by atoms with van der Waals surface area (Å²) in [5, 5.41) is 4.70. The maximum Gasteiger partial charge on any atom is 0.253 e. The van der Waals surface area contributed by atoms with Crippen LogP contribution < -0.4 is 5.32 Å². The largest absolute Gasteiger partial charge is 0.348 e. The van der Waals surface area contributed by atoms with Crippen LogP contribution in [0.5, 0.6) is 0 Å². The van der Waals surface area contributed by atoms with Gasteiger partial charge in [-0.05, 0) is 48.6 Å². The van der Waals surface area contributed by atoms with Gasteiger partial charge in [-0.15, -0.1) is 0 Å². The molecule has 1 aliphatic rings. The number of carbonyl (C=O) groups excluding carboxylic acids is 1. The molecule has 6 nitrogen and oxygen atoms in total. The van der Waals surface area contributed by atoms with Crippen molar-refractivity contribution >= 4 is 54.2 Å². The van der Waals surface area contributed by atoms with Crippen molar-refractivity contribution in [3.63, 3.8) is 0 Å². The molecule has 30 heavy (non-hydrogen) atoms. The van der Waals surface area contributed by atoms with Crippen LogP contribution >= 0.6 is 27.5 Å². The van der Waals surface area contributed by atoms with Crippen LogP contribution in [0.1, 0.15) is 22.3 Å². The number of nitrogens with zero attached hydrogens (tertiary/aromatic N) is 2. The highest BCUT2D eigenvalue weighted by Gasteiger charge is 2.34. The lowest BCUT2D eigenvalue weighted by Gasteiger charge is -2.19. The highest BCUT2D eigenvalue weighted by Crippen LogP contribution is 2.29. The predicted octanol–water partition coefficient (Wildman–Crippen LogP) is 4.15. The van der Waals surface area contributed by atoms with Crippen molar-refractivity contribution in [2.75, 3.05) is 13.1 Å². The summed E-state index contributed by atoms with van der Waals surface area (Å²) in [5.74, 6) is -0.318. The zero-order valence-corrected chi connectivity index (χ0v) is 19.3. The highest BCUT2D eigenvalue weighted by molar-refractivity contribution is 9.10. The number of fused-ring (bicyclic) bond motifs is 1. The van der Waals surface area contributed by atoms with Crippen LogP contribution in [0.3, 0.4) is 0 Å². The van der Waals surface area contributed by atoms with Crippen LogP contribution in [0.2, 0.25) is 5.02 Å². The fraction of sp³-hybridized carbons (Fsp3) is 0.238. The number of amides is 1. The van der Waals surface area contributed by atoms with Gasteiger partial charge in [0.05, 0.1) is 15.5 Å². The molecule has 3 aromatic rings. The van der Waals surface area contributed by atoms with Gasteiger partial charge in [0.2, 0.25) is 10.0 Å². The first-order chi connectivity index (χ1) is 14.3. The van der Waals surface area contributed by atoms with Crippen molar-refractivity contribution < 1.29 is 13.2 Å². The summed E-state index contributed by atoms with van der Waals surface area (Å²) in [7, 11) is -3.72. The number of rotatable bonds is 4. The number of sulfonamides is 1. The van der Waals surface area contributed by atoms with Crippen LogP contribution in [-0.4, -0.2) is 42.7 Å². The lowest BCUT2D eigenvalue weighted by atomic mass is 10.1.